The van der Waals surface area contributed by atoms with E-state index in [1.807, 2.05) is 22.6 Å². The van der Waals surface area contributed by atoms with Crippen LogP contribution in [0.4, 0.5) is 0 Å². The molecule has 0 aromatic carbocycles. The Labute approximate surface area is 138 Å². The van der Waals surface area contributed by atoms with Crippen LogP contribution in [0.5, 0.6) is 11.5 Å². The normalized spacial score (nSPS) is 16.5. The number of carbonyl (C=O) groups is 2. The lowest BCUT2D eigenvalue weighted by molar-refractivity contribution is -0.133. The number of esters is 2. The number of hydrogen-bond donors (Lipinski definition) is 0. The minimum Gasteiger partial charge on any atom is -0.465 e. The molecule has 0 N–H and O–H groups in total. The van der Waals surface area contributed by atoms with Crippen molar-refractivity contribution in [1.29, 1.82) is 0 Å². The standard InChI is InChI=1S/C12H9IO8S/c1-3-4(13)11(14)20-7-6-5(12(15)18-2)10-9(19-6)8(7)21-22(10,16)17/h4H,3H2,1-2H3. The van der Waals surface area contributed by atoms with Gasteiger partial charge in [-0.2, -0.15) is 8.42 Å². The second-order valence-electron chi connectivity index (χ2n) is 4.45. The van der Waals surface area contributed by atoms with E-state index < -0.39 is 26.0 Å². The molecule has 0 aliphatic carbocycles. The van der Waals surface area contributed by atoms with Gasteiger partial charge in [0.25, 0.3) is 0 Å². The van der Waals surface area contributed by atoms with Gasteiger partial charge in [0.05, 0.1) is 7.11 Å². The molecule has 118 valence electrons. The Hall–Kier alpha value is -1.56. The molecule has 0 fully saturated rings. The van der Waals surface area contributed by atoms with Crippen molar-refractivity contribution in [2.75, 3.05) is 7.11 Å². The molecule has 1 aliphatic heterocycles. The Morgan fingerprint density at radius 1 is 1.32 bits per heavy atom. The minimum absolute atomic E-state index is 0.139. The number of methoxy groups -OCH3 is 1. The molecular weight excluding hydrogens is 431 g/mol. The molecule has 1 unspecified atom stereocenters. The Bertz CT molecular complexity index is 881. The fourth-order valence-electron chi connectivity index (χ4n) is 2.11. The molecule has 1 aliphatic rings. The molecular formula is C12H9IO8S. The Morgan fingerprint density at radius 3 is 2.59 bits per heavy atom. The van der Waals surface area contributed by atoms with Gasteiger partial charge in [-0.25, -0.2) is 4.79 Å². The first-order valence-corrected chi connectivity index (χ1v) is 8.77. The van der Waals surface area contributed by atoms with Crippen LogP contribution in [0.2, 0.25) is 0 Å². The van der Waals surface area contributed by atoms with Gasteiger partial charge in [0.2, 0.25) is 11.5 Å². The van der Waals surface area contributed by atoms with Crippen LogP contribution in [-0.4, -0.2) is 31.4 Å². The van der Waals surface area contributed by atoms with E-state index in [0.29, 0.717) is 6.42 Å². The zero-order valence-electron chi connectivity index (χ0n) is 11.3. The van der Waals surface area contributed by atoms with Crippen molar-refractivity contribution in [3.05, 3.63) is 5.56 Å². The summed E-state index contributed by atoms with van der Waals surface area (Å²) in [4.78, 5) is 23.3. The number of ether oxygens (including phenoxy) is 2. The van der Waals surface area contributed by atoms with E-state index in [1.165, 1.54) is 0 Å². The number of carbonyl (C=O) groups excluding carboxylic acids is 2. The molecule has 2 aromatic rings. The second-order valence-corrected chi connectivity index (χ2v) is 7.44. The number of halogens is 1. The first-order valence-electron chi connectivity index (χ1n) is 6.12. The number of furan rings is 2. The number of fused-ring (bicyclic) bond motifs is 1. The molecule has 0 saturated heterocycles. The van der Waals surface area contributed by atoms with Crippen molar-refractivity contribution in [1.82, 2.24) is 0 Å². The molecule has 8 nitrogen and oxygen atoms in total. The van der Waals surface area contributed by atoms with Gasteiger partial charge in [-0.15, -0.1) is 0 Å². The lowest BCUT2D eigenvalue weighted by Gasteiger charge is -2.07. The molecule has 0 amide bonds. The molecule has 0 spiro atoms. The maximum atomic E-state index is 12.0. The summed E-state index contributed by atoms with van der Waals surface area (Å²) < 4.78 is 43.3. The Morgan fingerprint density at radius 2 is 2.00 bits per heavy atom. The van der Waals surface area contributed by atoms with Gasteiger partial charge in [-0.05, 0) is 6.42 Å². The third-order valence-corrected chi connectivity index (χ3v) is 5.80. The number of alkyl halides is 1. The zero-order valence-corrected chi connectivity index (χ0v) is 14.3. The van der Waals surface area contributed by atoms with Crippen molar-refractivity contribution < 1.29 is 36.1 Å². The summed E-state index contributed by atoms with van der Waals surface area (Å²) in [6, 6.07) is 0. The summed E-state index contributed by atoms with van der Waals surface area (Å²) in [5.41, 5.74) is -0.622. The number of rotatable bonds is 4. The average molecular weight is 440 g/mol. The van der Waals surface area contributed by atoms with Crippen LogP contribution in [0.3, 0.4) is 0 Å². The second kappa shape index (κ2) is 4.98. The largest absolute Gasteiger partial charge is 0.465 e. The predicted molar refractivity (Wildman–Crippen MR) is 80.3 cm³/mol. The van der Waals surface area contributed by atoms with Crippen molar-refractivity contribution >= 4 is 55.8 Å². The van der Waals surface area contributed by atoms with Gasteiger partial charge in [0.1, 0.15) is 9.49 Å². The fourth-order valence-corrected chi connectivity index (χ4v) is 3.48. The van der Waals surface area contributed by atoms with E-state index >= 15 is 0 Å². The molecule has 1 atom stereocenters. The molecule has 0 radical (unpaired) electrons. The average Bonchev–Trinajstić information content (AvgIpc) is 3.07. The summed E-state index contributed by atoms with van der Waals surface area (Å²) >= 11 is 1.89. The lowest BCUT2D eigenvalue weighted by atomic mass is 10.2. The number of hydrogen-bond acceptors (Lipinski definition) is 8. The molecule has 2 bridgehead atoms. The van der Waals surface area contributed by atoms with Crippen LogP contribution in [0.25, 0.3) is 11.2 Å². The molecule has 3 heterocycles. The van der Waals surface area contributed by atoms with Gasteiger partial charge in [0.15, 0.2) is 16.1 Å². The van der Waals surface area contributed by atoms with Crippen LogP contribution in [0, 0.1) is 0 Å². The summed E-state index contributed by atoms with van der Waals surface area (Å²) in [5, 5.41) is 0. The van der Waals surface area contributed by atoms with E-state index in [-0.39, 0.29) is 33.1 Å². The number of benzene rings is 1. The van der Waals surface area contributed by atoms with Gasteiger partial charge >= 0.3 is 22.1 Å². The van der Waals surface area contributed by atoms with Crippen LogP contribution in [-0.2, 0) is 19.6 Å². The summed E-state index contributed by atoms with van der Waals surface area (Å²) in [5.74, 6) is -1.91. The smallest absolute Gasteiger partial charge is 0.344 e. The summed E-state index contributed by atoms with van der Waals surface area (Å²) in [6.45, 7) is 1.80. The third kappa shape index (κ3) is 1.96. The first kappa shape index (κ1) is 15.3. The highest BCUT2D eigenvalue weighted by Gasteiger charge is 2.47. The minimum atomic E-state index is -4.19. The molecule has 22 heavy (non-hydrogen) atoms. The first-order chi connectivity index (χ1) is 10.3. The Kier molecular flexibility index (Phi) is 3.47. The van der Waals surface area contributed by atoms with Gasteiger partial charge in [-0.1, -0.05) is 29.5 Å². The summed E-state index contributed by atoms with van der Waals surface area (Å²) in [7, 11) is -3.08. The van der Waals surface area contributed by atoms with E-state index in [1.54, 1.807) is 6.92 Å². The van der Waals surface area contributed by atoms with Crippen molar-refractivity contribution in [2.45, 2.75) is 22.2 Å². The quantitative estimate of drug-likeness (QED) is 0.233. The fraction of sp³-hybridized carbons (Fsp3) is 0.333. The van der Waals surface area contributed by atoms with Crippen LogP contribution < -0.4 is 8.92 Å². The van der Waals surface area contributed by atoms with Crippen LogP contribution in [0.15, 0.2) is 9.31 Å². The zero-order chi connectivity index (χ0) is 16.2. The Balaban J connectivity index is 2.15. The van der Waals surface area contributed by atoms with Gasteiger partial charge in [-0.3, -0.25) is 4.79 Å². The molecule has 3 rings (SSSR count). The van der Waals surface area contributed by atoms with E-state index in [9.17, 15) is 18.0 Å². The highest BCUT2D eigenvalue weighted by molar-refractivity contribution is 14.1. The van der Waals surface area contributed by atoms with Crippen molar-refractivity contribution in [2.24, 2.45) is 0 Å². The highest BCUT2D eigenvalue weighted by atomic mass is 127. The molecule has 0 saturated carbocycles. The van der Waals surface area contributed by atoms with E-state index in [2.05, 4.69) is 4.74 Å². The highest BCUT2D eigenvalue weighted by Crippen LogP contribution is 2.54. The lowest BCUT2D eigenvalue weighted by Crippen LogP contribution is -2.19. The monoisotopic (exact) mass is 440 g/mol. The third-order valence-electron chi connectivity index (χ3n) is 3.13. The summed E-state index contributed by atoms with van der Waals surface area (Å²) in [6.07, 6.45) is 0.527. The van der Waals surface area contributed by atoms with E-state index in [4.69, 9.17) is 13.3 Å². The topological polar surface area (TPSA) is 109 Å². The molecule has 10 heteroatoms. The maximum Gasteiger partial charge on any atom is 0.344 e. The van der Waals surface area contributed by atoms with Gasteiger partial charge in [0, 0.05) is 0 Å². The van der Waals surface area contributed by atoms with Crippen LogP contribution >= 0.6 is 22.6 Å². The van der Waals surface area contributed by atoms with Crippen molar-refractivity contribution in [3.63, 3.8) is 0 Å². The van der Waals surface area contributed by atoms with Crippen LogP contribution in [0.1, 0.15) is 23.7 Å². The van der Waals surface area contributed by atoms with Gasteiger partial charge < -0.3 is 18.1 Å². The predicted octanol–water partition coefficient (Wildman–Crippen LogP) is 1.86. The SMILES string of the molecule is CCC(I)C(=O)Oc1c2c3oc1c(C(=O)OC)c3S(=O)(=O)O2. The van der Waals surface area contributed by atoms with E-state index in [0.717, 1.165) is 7.11 Å². The van der Waals surface area contributed by atoms with Crippen molar-refractivity contribution in [3.8, 4) is 11.5 Å². The maximum absolute atomic E-state index is 12.0. The molecule has 2 aromatic heterocycles.